The van der Waals surface area contributed by atoms with E-state index >= 15 is 0 Å². The quantitative estimate of drug-likeness (QED) is 0.747. The lowest BCUT2D eigenvalue weighted by Gasteiger charge is -2.16. The summed E-state index contributed by atoms with van der Waals surface area (Å²) in [6.07, 6.45) is 0. The zero-order chi connectivity index (χ0) is 12.8. The van der Waals surface area contributed by atoms with Gasteiger partial charge in [0.05, 0.1) is 5.54 Å². The molecule has 0 fully saturated rings. The van der Waals surface area contributed by atoms with Crippen molar-refractivity contribution in [2.75, 3.05) is 6.61 Å². The summed E-state index contributed by atoms with van der Waals surface area (Å²) in [5.41, 5.74) is 1.15. The predicted octanol–water partition coefficient (Wildman–Crippen LogP) is 3.44. The molecule has 17 heavy (non-hydrogen) atoms. The van der Waals surface area contributed by atoms with Crippen LogP contribution in [-0.2, 0) is 10.2 Å². The molecule has 94 valence electrons. The van der Waals surface area contributed by atoms with Gasteiger partial charge in [-0.3, -0.25) is 0 Å². The molecule has 2 heterocycles. The van der Waals surface area contributed by atoms with Crippen LogP contribution in [0.15, 0.2) is 15.5 Å². The molecule has 1 aromatic rings. The normalized spacial score (nSPS) is 19.1. The Morgan fingerprint density at radius 1 is 1.29 bits per heavy atom. The molecule has 0 saturated carbocycles. The Kier molecular flexibility index (Phi) is 2.60. The van der Waals surface area contributed by atoms with E-state index in [1.165, 1.54) is 5.56 Å². The predicted molar refractivity (Wildman–Crippen MR) is 68.7 cm³/mol. The number of rotatable bonds is 1. The lowest BCUT2D eigenvalue weighted by Crippen LogP contribution is -2.17. The Bertz CT molecular complexity index is 461. The van der Waals surface area contributed by atoms with Crippen LogP contribution in [0.2, 0.25) is 0 Å². The minimum absolute atomic E-state index is 0.0838. The maximum atomic E-state index is 5.76. The van der Waals surface area contributed by atoms with Gasteiger partial charge < -0.3 is 9.15 Å². The third-order valence-electron chi connectivity index (χ3n) is 2.90. The number of hydrogen-bond donors (Lipinski definition) is 0. The highest BCUT2D eigenvalue weighted by Gasteiger charge is 2.30. The van der Waals surface area contributed by atoms with E-state index in [1.54, 1.807) is 0 Å². The third-order valence-corrected chi connectivity index (χ3v) is 2.90. The number of ether oxygens (including phenoxy) is 1. The molecule has 1 aromatic heterocycles. The van der Waals surface area contributed by atoms with Gasteiger partial charge in [-0.05, 0) is 37.8 Å². The molecule has 3 heteroatoms. The third kappa shape index (κ3) is 2.38. The molecule has 1 aliphatic rings. The number of hydrogen-bond acceptors (Lipinski definition) is 3. The first kappa shape index (κ1) is 12.2. The molecule has 0 saturated heterocycles. The highest BCUT2D eigenvalue weighted by Crippen LogP contribution is 2.30. The van der Waals surface area contributed by atoms with Gasteiger partial charge in [-0.15, -0.1) is 0 Å². The van der Waals surface area contributed by atoms with Crippen molar-refractivity contribution in [2.24, 2.45) is 4.99 Å². The minimum atomic E-state index is -0.141. The molecule has 0 aliphatic carbocycles. The van der Waals surface area contributed by atoms with Crippen molar-refractivity contribution in [1.29, 1.82) is 0 Å². The summed E-state index contributed by atoms with van der Waals surface area (Å²) in [6, 6.07) is 2.05. The van der Waals surface area contributed by atoms with Crippen molar-refractivity contribution in [3.05, 3.63) is 23.2 Å². The molecular weight excluding hydrogens is 214 g/mol. The lowest BCUT2D eigenvalue weighted by molar-refractivity contribution is 0.275. The largest absolute Gasteiger partial charge is 0.473 e. The number of furan rings is 1. The summed E-state index contributed by atoms with van der Waals surface area (Å²) in [7, 11) is 0. The maximum Gasteiger partial charge on any atom is 0.253 e. The van der Waals surface area contributed by atoms with Crippen LogP contribution >= 0.6 is 0 Å². The summed E-state index contributed by atoms with van der Waals surface area (Å²) >= 11 is 0. The molecule has 0 N–H and O–H groups in total. The van der Waals surface area contributed by atoms with Crippen molar-refractivity contribution >= 4 is 5.90 Å². The molecule has 0 spiro atoms. The second-order valence-electron chi connectivity index (χ2n) is 6.35. The number of aryl methyl sites for hydroxylation is 1. The van der Waals surface area contributed by atoms with Crippen LogP contribution in [0.5, 0.6) is 0 Å². The SMILES string of the molecule is Cc1oc(C2=NC(C)(C)CO2)cc1C(C)(C)C. The van der Waals surface area contributed by atoms with Gasteiger partial charge in [0.2, 0.25) is 0 Å². The van der Waals surface area contributed by atoms with Gasteiger partial charge in [0.1, 0.15) is 12.4 Å². The average Bonchev–Trinajstić information content (AvgIpc) is 2.67. The van der Waals surface area contributed by atoms with E-state index in [0.717, 1.165) is 11.5 Å². The molecule has 0 radical (unpaired) electrons. The van der Waals surface area contributed by atoms with E-state index in [0.29, 0.717) is 12.5 Å². The van der Waals surface area contributed by atoms with Crippen molar-refractivity contribution in [3.63, 3.8) is 0 Å². The van der Waals surface area contributed by atoms with Gasteiger partial charge in [-0.2, -0.15) is 0 Å². The van der Waals surface area contributed by atoms with Crippen LogP contribution < -0.4 is 0 Å². The van der Waals surface area contributed by atoms with E-state index in [2.05, 4.69) is 45.7 Å². The van der Waals surface area contributed by atoms with Gasteiger partial charge in [0.25, 0.3) is 5.90 Å². The van der Waals surface area contributed by atoms with E-state index in [4.69, 9.17) is 9.15 Å². The highest BCUT2D eigenvalue weighted by molar-refractivity contribution is 5.93. The zero-order valence-corrected chi connectivity index (χ0v) is 11.5. The Labute approximate surface area is 103 Å². The fourth-order valence-electron chi connectivity index (χ4n) is 2.04. The van der Waals surface area contributed by atoms with E-state index in [-0.39, 0.29) is 11.0 Å². The Balaban J connectivity index is 2.37. The molecule has 0 bridgehead atoms. The fourth-order valence-corrected chi connectivity index (χ4v) is 2.04. The second kappa shape index (κ2) is 3.62. The maximum absolute atomic E-state index is 5.76. The van der Waals surface area contributed by atoms with Gasteiger partial charge >= 0.3 is 0 Å². The van der Waals surface area contributed by atoms with Gasteiger partial charge in [-0.25, -0.2) is 4.99 Å². The summed E-state index contributed by atoms with van der Waals surface area (Å²) in [5.74, 6) is 2.33. The summed E-state index contributed by atoms with van der Waals surface area (Å²) in [6.45, 7) is 13.3. The average molecular weight is 235 g/mol. The smallest absolute Gasteiger partial charge is 0.253 e. The van der Waals surface area contributed by atoms with E-state index < -0.39 is 0 Å². The van der Waals surface area contributed by atoms with Crippen LogP contribution in [0, 0.1) is 6.92 Å². The van der Waals surface area contributed by atoms with Crippen LogP contribution in [0.3, 0.4) is 0 Å². The number of nitrogens with zero attached hydrogens (tertiary/aromatic N) is 1. The van der Waals surface area contributed by atoms with Crippen LogP contribution in [0.1, 0.15) is 51.7 Å². The van der Waals surface area contributed by atoms with Gasteiger partial charge in [0.15, 0.2) is 5.76 Å². The van der Waals surface area contributed by atoms with Crippen LogP contribution in [0.25, 0.3) is 0 Å². The summed E-state index contributed by atoms with van der Waals surface area (Å²) < 4.78 is 11.4. The minimum Gasteiger partial charge on any atom is -0.473 e. The van der Waals surface area contributed by atoms with Crippen molar-refractivity contribution in [3.8, 4) is 0 Å². The standard InChI is InChI=1S/C14H21NO2/c1-9-10(13(2,3)4)7-11(17-9)12-15-14(5,6)8-16-12/h7H,8H2,1-6H3. The first-order valence-electron chi connectivity index (χ1n) is 6.03. The first-order valence-corrected chi connectivity index (χ1v) is 6.03. The van der Waals surface area contributed by atoms with Crippen LogP contribution in [-0.4, -0.2) is 18.0 Å². The monoisotopic (exact) mass is 235 g/mol. The Morgan fingerprint density at radius 2 is 1.94 bits per heavy atom. The van der Waals surface area contributed by atoms with Crippen molar-refractivity contribution < 1.29 is 9.15 Å². The first-order chi connectivity index (χ1) is 7.69. The second-order valence-corrected chi connectivity index (χ2v) is 6.35. The Morgan fingerprint density at radius 3 is 2.35 bits per heavy atom. The van der Waals surface area contributed by atoms with Gasteiger partial charge in [-0.1, -0.05) is 20.8 Å². The van der Waals surface area contributed by atoms with Crippen molar-refractivity contribution in [1.82, 2.24) is 0 Å². The molecule has 0 atom stereocenters. The number of aliphatic imine (C=N–C) groups is 1. The highest BCUT2D eigenvalue weighted by atomic mass is 16.5. The lowest BCUT2D eigenvalue weighted by atomic mass is 9.87. The molecule has 2 rings (SSSR count). The molecule has 1 aliphatic heterocycles. The molecular formula is C14H21NO2. The Hall–Kier alpha value is -1.25. The zero-order valence-electron chi connectivity index (χ0n) is 11.5. The molecule has 0 amide bonds. The summed E-state index contributed by atoms with van der Waals surface area (Å²) in [4.78, 5) is 4.53. The van der Waals surface area contributed by atoms with Crippen LogP contribution in [0.4, 0.5) is 0 Å². The van der Waals surface area contributed by atoms with E-state index in [9.17, 15) is 0 Å². The fraction of sp³-hybridized carbons (Fsp3) is 0.643. The summed E-state index contributed by atoms with van der Waals surface area (Å²) in [5, 5.41) is 0. The van der Waals surface area contributed by atoms with Crippen molar-refractivity contribution in [2.45, 2.75) is 52.5 Å². The topological polar surface area (TPSA) is 34.7 Å². The molecule has 0 aromatic carbocycles. The molecule has 0 unspecified atom stereocenters. The molecule has 3 nitrogen and oxygen atoms in total. The van der Waals surface area contributed by atoms with Gasteiger partial charge in [0, 0.05) is 0 Å². The van der Waals surface area contributed by atoms with E-state index in [1.807, 2.05) is 6.92 Å².